The number of nitrogens with one attached hydrogen (secondary N) is 2. The second-order valence-corrected chi connectivity index (χ2v) is 6.62. The highest BCUT2D eigenvalue weighted by Crippen LogP contribution is 2.23. The first-order valence-corrected chi connectivity index (χ1v) is 7.31. The van der Waals surface area contributed by atoms with Crippen LogP contribution in [0.1, 0.15) is 26.3 Å². The van der Waals surface area contributed by atoms with Crippen LogP contribution in [0, 0.1) is 0 Å². The Morgan fingerprint density at radius 1 is 1.17 bits per heavy atom. The number of hydrogen-bond acceptors (Lipinski definition) is 3. The van der Waals surface area contributed by atoms with E-state index in [-0.39, 0.29) is 18.5 Å². The summed E-state index contributed by atoms with van der Waals surface area (Å²) < 4.78 is 27.9. The van der Waals surface area contributed by atoms with Crippen molar-refractivity contribution in [1.82, 2.24) is 4.72 Å². The Labute approximate surface area is 109 Å². The van der Waals surface area contributed by atoms with Gasteiger partial charge in [-0.1, -0.05) is 32.9 Å². The number of anilines is 1. The zero-order valence-electron chi connectivity index (χ0n) is 11.0. The highest BCUT2D eigenvalue weighted by molar-refractivity contribution is 7.90. The topological polar surface area (TPSA) is 84.2 Å². The fourth-order valence-electron chi connectivity index (χ4n) is 1.42. The standard InChI is InChI=1S/C12H21N3O2S/c1-12(2,3)10-4-6-11(7-5-10)15-18(16,17)14-9-8-13/h4-7,14-15H,8-9,13H2,1-3H3. The van der Waals surface area contributed by atoms with Crippen LogP contribution in [-0.2, 0) is 15.6 Å². The average molecular weight is 271 g/mol. The Morgan fingerprint density at radius 2 is 1.72 bits per heavy atom. The summed E-state index contributed by atoms with van der Waals surface area (Å²) in [6.45, 7) is 6.80. The second-order valence-electron chi connectivity index (χ2n) is 5.12. The number of rotatable bonds is 5. The predicted octanol–water partition coefficient (Wildman–Crippen LogP) is 1.19. The molecule has 6 heteroatoms. The van der Waals surface area contributed by atoms with E-state index in [0.717, 1.165) is 5.56 Å². The van der Waals surface area contributed by atoms with Gasteiger partial charge in [0.25, 0.3) is 10.2 Å². The third-order valence-corrected chi connectivity index (χ3v) is 3.53. The molecule has 0 amide bonds. The zero-order chi connectivity index (χ0) is 13.8. The van der Waals surface area contributed by atoms with Crippen molar-refractivity contribution < 1.29 is 8.42 Å². The second kappa shape index (κ2) is 5.69. The molecule has 0 spiro atoms. The first-order valence-electron chi connectivity index (χ1n) is 5.82. The van der Waals surface area contributed by atoms with Gasteiger partial charge in [0, 0.05) is 18.8 Å². The molecule has 4 N–H and O–H groups in total. The van der Waals surface area contributed by atoms with Crippen molar-refractivity contribution in [2.75, 3.05) is 17.8 Å². The molecule has 0 saturated carbocycles. The SMILES string of the molecule is CC(C)(C)c1ccc(NS(=O)(=O)NCCN)cc1. The Hall–Kier alpha value is -1.11. The maximum atomic E-state index is 11.6. The molecule has 0 atom stereocenters. The molecule has 0 saturated heterocycles. The molecule has 0 unspecified atom stereocenters. The van der Waals surface area contributed by atoms with Gasteiger partial charge in [0.1, 0.15) is 0 Å². The Morgan fingerprint density at radius 3 is 2.17 bits per heavy atom. The van der Waals surface area contributed by atoms with Crippen molar-refractivity contribution in [3.05, 3.63) is 29.8 Å². The largest absolute Gasteiger partial charge is 0.329 e. The maximum absolute atomic E-state index is 11.6. The van der Waals surface area contributed by atoms with Crippen molar-refractivity contribution in [2.45, 2.75) is 26.2 Å². The Kier molecular flexibility index (Phi) is 4.72. The normalized spacial score (nSPS) is 12.4. The Bertz CT molecular complexity index is 475. The molecule has 0 aliphatic heterocycles. The fourth-order valence-corrected chi connectivity index (χ4v) is 2.33. The summed E-state index contributed by atoms with van der Waals surface area (Å²) in [5, 5.41) is 0. The molecule has 0 aromatic heterocycles. The maximum Gasteiger partial charge on any atom is 0.299 e. The van der Waals surface area contributed by atoms with Gasteiger partial charge in [-0.25, -0.2) is 0 Å². The first kappa shape index (κ1) is 14.9. The van der Waals surface area contributed by atoms with E-state index in [1.807, 2.05) is 12.1 Å². The summed E-state index contributed by atoms with van der Waals surface area (Å²) in [6, 6.07) is 7.34. The van der Waals surface area contributed by atoms with Gasteiger partial charge in [0.2, 0.25) is 0 Å². The van der Waals surface area contributed by atoms with Crippen LogP contribution in [0.2, 0.25) is 0 Å². The lowest BCUT2D eigenvalue weighted by atomic mass is 9.87. The third-order valence-electron chi connectivity index (χ3n) is 2.44. The molecule has 0 aliphatic carbocycles. The van der Waals surface area contributed by atoms with Gasteiger partial charge < -0.3 is 5.73 Å². The van der Waals surface area contributed by atoms with E-state index >= 15 is 0 Å². The van der Waals surface area contributed by atoms with Gasteiger partial charge in [0.05, 0.1) is 0 Å². The minimum atomic E-state index is -3.53. The quantitative estimate of drug-likeness (QED) is 0.752. The summed E-state index contributed by atoms with van der Waals surface area (Å²) in [7, 11) is -3.53. The van der Waals surface area contributed by atoms with E-state index < -0.39 is 10.2 Å². The van der Waals surface area contributed by atoms with Crippen LogP contribution in [0.15, 0.2) is 24.3 Å². The summed E-state index contributed by atoms with van der Waals surface area (Å²) in [4.78, 5) is 0. The number of nitrogens with two attached hydrogens (primary N) is 1. The van der Waals surface area contributed by atoms with Gasteiger partial charge in [0.15, 0.2) is 0 Å². The zero-order valence-corrected chi connectivity index (χ0v) is 11.8. The van der Waals surface area contributed by atoms with E-state index in [1.54, 1.807) is 12.1 Å². The third kappa shape index (κ3) is 4.64. The average Bonchev–Trinajstić information content (AvgIpc) is 2.25. The number of benzene rings is 1. The van der Waals surface area contributed by atoms with Crippen LogP contribution in [0.5, 0.6) is 0 Å². The van der Waals surface area contributed by atoms with Crippen LogP contribution in [0.25, 0.3) is 0 Å². The monoisotopic (exact) mass is 271 g/mol. The molecular formula is C12H21N3O2S. The Balaban J connectivity index is 2.75. The van der Waals surface area contributed by atoms with Crippen molar-refractivity contribution in [2.24, 2.45) is 5.73 Å². The minimum Gasteiger partial charge on any atom is -0.329 e. The molecule has 1 rings (SSSR count). The van der Waals surface area contributed by atoms with Crippen molar-refractivity contribution in [1.29, 1.82) is 0 Å². The highest BCUT2D eigenvalue weighted by atomic mass is 32.2. The molecule has 18 heavy (non-hydrogen) atoms. The van der Waals surface area contributed by atoms with Crippen molar-refractivity contribution in [3.8, 4) is 0 Å². The summed E-state index contributed by atoms with van der Waals surface area (Å²) in [6.07, 6.45) is 0. The molecule has 0 aliphatic rings. The van der Waals surface area contributed by atoms with Crippen molar-refractivity contribution in [3.63, 3.8) is 0 Å². The molecule has 5 nitrogen and oxygen atoms in total. The van der Waals surface area contributed by atoms with Gasteiger partial charge >= 0.3 is 0 Å². The van der Waals surface area contributed by atoms with Gasteiger partial charge in [-0.05, 0) is 23.1 Å². The van der Waals surface area contributed by atoms with Gasteiger partial charge in [-0.3, -0.25) is 4.72 Å². The first-order chi connectivity index (χ1) is 8.24. The van der Waals surface area contributed by atoms with Crippen LogP contribution >= 0.6 is 0 Å². The molecule has 0 fully saturated rings. The molecule has 102 valence electrons. The fraction of sp³-hybridized carbons (Fsp3) is 0.500. The lowest BCUT2D eigenvalue weighted by Gasteiger charge is -2.19. The van der Waals surface area contributed by atoms with Crippen molar-refractivity contribution >= 4 is 15.9 Å². The van der Waals surface area contributed by atoms with Gasteiger partial charge in [-0.15, -0.1) is 0 Å². The minimum absolute atomic E-state index is 0.0508. The molecular weight excluding hydrogens is 250 g/mol. The lowest BCUT2D eigenvalue weighted by molar-refractivity contribution is 0.587. The van der Waals surface area contributed by atoms with E-state index in [4.69, 9.17) is 5.73 Å². The molecule has 0 bridgehead atoms. The van der Waals surface area contributed by atoms with E-state index in [9.17, 15) is 8.42 Å². The summed E-state index contributed by atoms with van der Waals surface area (Å²) >= 11 is 0. The summed E-state index contributed by atoms with van der Waals surface area (Å²) in [5.74, 6) is 0. The van der Waals surface area contributed by atoms with Gasteiger partial charge in [-0.2, -0.15) is 13.1 Å². The highest BCUT2D eigenvalue weighted by Gasteiger charge is 2.14. The molecule has 1 aromatic rings. The van der Waals surface area contributed by atoms with Crippen LogP contribution in [0.4, 0.5) is 5.69 Å². The molecule has 0 heterocycles. The molecule has 1 aromatic carbocycles. The number of hydrogen-bond donors (Lipinski definition) is 3. The van der Waals surface area contributed by atoms with E-state index in [0.29, 0.717) is 5.69 Å². The predicted molar refractivity (Wildman–Crippen MR) is 74.7 cm³/mol. The van der Waals surface area contributed by atoms with Crippen LogP contribution < -0.4 is 15.2 Å². The van der Waals surface area contributed by atoms with Crippen LogP contribution in [0.3, 0.4) is 0 Å². The van der Waals surface area contributed by atoms with Crippen LogP contribution in [-0.4, -0.2) is 21.5 Å². The lowest BCUT2D eigenvalue weighted by Crippen LogP contribution is -2.33. The molecule has 0 radical (unpaired) electrons. The van der Waals surface area contributed by atoms with E-state index in [1.165, 1.54) is 0 Å². The summed E-state index contributed by atoms with van der Waals surface area (Å²) in [5.41, 5.74) is 6.98. The van der Waals surface area contributed by atoms with E-state index in [2.05, 4.69) is 30.2 Å². The smallest absolute Gasteiger partial charge is 0.299 e.